The smallest absolute Gasteiger partial charge is 0.240 e. The van der Waals surface area contributed by atoms with Crippen LogP contribution in [0.2, 0.25) is 0 Å². The van der Waals surface area contributed by atoms with Crippen molar-refractivity contribution in [2.45, 2.75) is 19.4 Å². The predicted octanol–water partition coefficient (Wildman–Crippen LogP) is 1.79. The maximum Gasteiger partial charge on any atom is 0.240 e. The topological polar surface area (TPSA) is 60.2 Å². The van der Waals surface area contributed by atoms with E-state index in [1.165, 1.54) is 5.56 Å². The lowest BCUT2D eigenvalue weighted by molar-refractivity contribution is 0.194. The minimum atomic E-state index is 0.603. The lowest BCUT2D eigenvalue weighted by Crippen LogP contribution is -2.16. The number of methoxy groups -OCH3 is 1. The molecule has 0 amide bonds. The third-order valence-electron chi connectivity index (χ3n) is 2.69. The Bertz CT molecular complexity index is 471. The van der Waals surface area contributed by atoms with Crippen molar-refractivity contribution in [3.8, 4) is 0 Å². The van der Waals surface area contributed by atoms with Crippen LogP contribution in [0.5, 0.6) is 0 Å². The molecule has 0 aliphatic heterocycles. The standard InChI is InChI=1S/C14H19N3O2/c1-18-9-5-8-15-11-14-16-13(17-19-14)10-12-6-3-2-4-7-12/h2-4,6-7,15H,5,8-11H2,1H3. The quantitative estimate of drug-likeness (QED) is 0.734. The molecule has 102 valence electrons. The van der Waals surface area contributed by atoms with E-state index in [9.17, 15) is 0 Å². The Labute approximate surface area is 113 Å². The van der Waals surface area contributed by atoms with E-state index < -0.39 is 0 Å². The van der Waals surface area contributed by atoms with Crippen LogP contribution in [0.25, 0.3) is 0 Å². The molecular formula is C14H19N3O2. The van der Waals surface area contributed by atoms with E-state index in [4.69, 9.17) is 9.26 Å². The van der Waals surface area contributed by atoms with E-state index in [-0.39, 0.29) is 0 Å². The molecule has 0 atom stereocenters. The average molecular weight is 261 g/mol. The van der Waals surface area contributed by atoms with Crippen molar-refractivity contribution in [2.75, 3.05) is 20.3 Å². The van der Waals surface area contributed by atoms with Crippen LogP contribution in [-0.4, -0.2) is 30.4 Å². The van der Waals surface area contributed by atoms with Gasteiger partial charge >= 0.3 is 0 Å². The molecule has 0 aliphatic carbocycles. The van der Waals surface area contributed by atoms with Crippen molar-refractivity contribution in [1.82, 2.24) is 15.5 Å². The van der Waals surface area contributed by atoms with E-state index >= 15 is 0 Å². The maximum atomic E-state index is 5.19. The first kappa shape index (κ1) is 13.7. The van der Waals surface area contributed by atoms with Crippen LogP contribution >= 0.6 is 0 Å². The normalized spacial score (nSPS) is 10.8. The minimum Gasteiger partial charge on any atom is -0.385 e. The van der Waals surface area contributed by atoms with Crippen molar-refractivity contribution < 1.29 is 9.26 Å². The van der Waals surface area contributed by atoms with Gasteiger partial charge < -0.3 is 14.6 Å². The van der Waals surface area contributed by atoms with Gasteiger partial charge in [0.15, 0.2) is 5.82 Å². The number of benzene rings is 1. The van der Waals surface area contributed by atoms with Crippen molar-refractivity contribution >= 4 is 0 Å². The first-order chi connectivity index (χ1) is 9.38. The van der Waals surface area contributed by atoms with Crippen molar-refractivity contribution in [3.05, 3.63) is 47.6 Å². The number of nitrogens with zero attached hydrogens (tertiary/aromatic N) is 2. The van der Waals surface area contributed by atoms with Crippen LogP contribution in [0.15, 0.2) is 34.9 Å². The number of nitrogens with one attached hydrogen (secondary N) is 1. The van der Waals surface area contributed by atoms with Gasteiger partial charge in [-0.3, -0.25) is 0 Å². The second-order valence-corrected chi connectivity index (χ2v) is 4.29. The van der Waals surface area contributed by atoms with Gasteiger partial charge in [-0.2, -0.15) is 4.98 Å². The van der Waals surface area contributed by atoms with E-state index in [0.29, 0.717) is 18.9 Å². The summed E-state index contributed by atoms with van der Waals surface area (Å²) in [6.07, 6.45) is 1.68. The first-order valence-electron chi connectivity index (χ1n) is 6.43. The van der Waals surface area contributed by atoms with Gasteiger partial charge in [-0.15, -0.1) is 0 Å². The van der Waals surface area contributed by atoms with Crippen LogP contribution in [0.1, 0.15) is 23.7 Å². The highest BCUT2D eigenvalue weighted by molar-refractivity contribution is 5.18. The molecule has 0 radical (unpaired) electrons. The van der Waals surface area contributed by atoms with Crippen LogP contribution in [-0.2, 0) is 17.7 Å². The fourth-order valence-electron chi connectivity index (χ4n) is 1.75. The molecule has 2 rings (SSSR count). The van der Waals surface area contributed by atoms with E-state index in [1.807, 2.05) is 18.2 Å². The molecule has 0 bridgehead atoms. The van der Waals surface area contributed by atoms with E-state index in [2.05, 4.69) is 27.6 Å². The van der Waals surface area contributed by atoms with Crippen LogP contribution < -0.4 is 5.32 Å². The Hall–Kier alpha value is -1.72. The third kappa shape index (κ3) is 4.81. The molecule has 0 saturated carbocycles. The van der Waals surface area contributed by atoms with Crippen LogP contribution in [0.4, 0.5) is 0 Å². The summed E-state index contributed by atoms with van der Waals surface area (Å²) in [5, 5.41) is 7.21. The zero-order chi connectivity index (χ0) is 13.3. The first-order valence-corrected chi connectivity index (χ1v) is 6.43. The number of hydrogen-bond donors (Lipinski definition) is 1. The van der Waals surface area contributed by atoms with Gasteiger partial charge in [0, 0.05) is 20.1 Å². The van der Waals surface area contributed by atoms with Gasteiger partial charge in [0.2, 0.25) is 5.89 Å². The fraction of sp³-hybridized carbons (Fsp3) is 0.429. The van der Waals surface area contributed by atoms with Gasteiger partial charge in [0.05, 0.1) is 6.54 Å². The third-order valence-corrected chi connectivity index (χ3v) is 2.69. The second kappa shape index (κ2) is 7.66. The van der Waals surface area contributed by atoms with Crippen molar-refractivity contribution in [1.29, 1.82) is 0 Å². The Kier molecular flexibility index (Phi) is 5.52. The summed E-state index contributed by atoms with van der Waals surface area (Å²) < 4.78 is 10.2. The predicted molar refractivity (Wildman–Crippen MR) is 71.7 cm³/mol. The van der Waals surface area contributed by atoms with Gasteiger partial charge in [-0.1, -0.05) is 35.5 Å². The van der Waals surface area contributed by atoms with E-state index in [0.717, 1.165) is 25.4 Å². The van der Waals surface area contributed by atoms with Gasteiger partial charge in [0.25, 0.3) is 0 Å². The molecular weight excluding hydrogens is 242 g/mol. The molecule has 19 heavy (non-hydrogen) atoms. The zero-order valence-corrected chi connectivity index (χ0v) is 11.1. The summed E-state index contributed by atoms with van der Waals surface area (Å²) in [6, 6.07) is 10.1. The molecule has 5 heteroatoms. The lowest BCUT2D eigenvalue weighted by atomic mass is 10.1. The summed E-state index contributed by atoms with van der Waals surface area (Å²) in [6.45, 7) is 2.24. The molecule has 0 fully saturated rings. The van der Waals surface area contributed by atoms with Crippen molar-refractivity contribution in [3.63, 3.8) is 0 Å². The highest BCUT2D eigenvalue weighted by Crippen LogP contribution is 2.06. The number of ether oxygens (including phenoxy) is 1. The molecule has 1 aromatic heterocycles. The molecule has 1 N–H and O–H groups in total. The van der Waals surface area contributed by atoms with Crippen LogP contribution in [0.3, 0.4) is 0 Å². The molecule has 0 unspecified atom stereocenters. The highest BCUT2D eigenvalue weighted by Gasteiger charge is 2.06. The number of hydrogen-bond acceptors (Lipinski definition) is 5. The summed E-state index contributed by atoms with van der Waals surface area (Å²) in [7, 11) is 1.70. The highest BCUT2D eigenvalue weighted by atomic mass is 16.5. The number of rotatable bonds is 8. The SMILES string of the molecule is COCCCNCc1nc(Cc2ccccc2)no1. The molecule has 1 aromatic carbocycles. The summed E-state index contributed by atoms with van der Waals surface area (Å²) in [5.74, 6) is 1.35. The Morgan fingerprint density at radius 2 is 2.11 bits per heavy atom. The lowest BCUT2D eigenvalue weighted by Gasteiger charge is -1.99. The molecule has 2 aromatic rings. The monoisotopic (exact) mass is 261 g/mol. The average Bonchev–Trinajstić information content (AvgIpc) is 2.87. The molecule has 0 saturated heterocycles. The summed E-state index contributed by atoms with van der Waals surface area (Å²) >= 11 is 0. The van der Waals surface area contributed by atoms with Gasteiger partial charge in [-0.05, 0) is 18.5 Å². The fourth-order valence-corrected chi connectivity index (χ4v) is 1.75. The zero-order valence-electron chi connectivity index (χ0n) is 11.1. The Balaban J connectivity index is 1.76. The molecule has 0 aliphatic rings. The minimum absolute atomic E-state index is 0.603. The molecule has 0 spiro atoms. The maximum absolute atomic E-state index is 5.19. The van der Waals surface area contributed by atoms with Gasteiger partial charge in [0.1, 0.15) is 0 Å². The Morgan fingerprint density at radius 3 is 2.89 bits per heavy atom. The largest absolute Gasteiger partial charge is 0.385 e. The number of aromatic nitrogens is 2. The summed E-state index contributed by atoms with van der Waals surface area (Å²) in [4.78, 5) is 4.35. The van der Waals surface area contributed by atoms with E-state index in [1.54, 1.807) is 7.11 Å². The van der Waals surface area contributed by atoms with Crippen molar-refractivity contribution in [2.24, 2.45) is 0 Å². The molecule has 5 nitrogen and oxygen atoms in total. The summed E-state index contributed by atoms with van der Waals surface area (Å²) in [5.41, 5.74) is 1.18. The van der Waals surface area contributed by atoms with Crippen LogP contribution in [0, 0.1) is 0 Å². The molecule has 1 heterocycles. The van der Waals surface area contributed by atoms with Gasteiger partial charge in [-0.25, -0.2) is 0 Å². The second-order valence-electron chi connectivity index (χ2n) is 4.29. The Morgan fingerprint density at radius 1 is 1.26 bits per heavy atom.